The number of alkyl halides is 3. The molecule has 1 aromatic heterocycles. The largest absolute Gasteiger partial charge is 0.416 e. The Morgan fingerprint density at radius 3 is 2.66 bits per heavy atom. The summed E-state index contributed by atoms with van der Waals surface area (Å²) in [6, 6.07) is 9.11. The Balaban J connectivity index is 2.13. The molecule has 1 aromatic carbocycles. The van der Waals surface area contributed by atoms with Gasteiger partial charge >= 0.3 is 6.18 Å². The maximum atomic E-state index is 13.0. The van der Waals surface area contributed by atoms with E-state index in [1.54, 1.807) is 13.2 Å². The van der Waals surface area contributed by atoms with Gasteiger partial charge < -0.3 is 14.2 Å². The van der Waals surface area contributed by atoms with E-state index < -0.39 is 11.7 Å². The third-order valence-corrected chi connectivity index (χ3v) is 4.76. The van der Waals surface area contributed by atoms with E-state index in [2.05, 4.69) is 0 Å². The van der Waals surface area contributed by atoms with Gasteiger partial charge in [-0.3, -0.25) is 4.79 Å². The topological polar surface area (TPSA) is 34.5 Å². The highest BCUT2D eigenvalue weighted by molar-refractivity contribution is 5.76. The van der Waals surface area contributed by atoms with Crippen molar-refractivity contribution >= 4 is 5.91 Å². The molecule has 0 unspecified atom stereocenters. The standard InChI is InChI=1S/C22H29F3N2O2/c1-3-4-11-21(28)27(13-7-14-29-2)17-20-10-6-12-26(20)16-18-8-5-9-19(15-18)22(23,24)25/h5-6,8-10,12,15H,3-4,7,11,13-14,16-17H2,1-2H3. The number of benzene rings is 1. The van der Waals surface area contributed by atoms with Gasteiger partial charge in [-0.25, -0.2) is 0 Å². The SMILES string of the molecule is CCCCC(=O)N(CCCOC)Cc1cccn1Cc1cccc(C(F)(F)F)c1. The Hall–Kier alpha value is -2.28. The summed E-state index contributed by atoms with van der Waals surface area (Å²) in [5.41, 5.74) is 0.810. The van der Waals surface area contributed by atoms with E-state index in [1.807, 2.05) is 34.7 Å². The minimum Gasteiger partial charge on any atom is -0.385 e. The molecule has 0 spiro atoms. The number of carbonyl (C=O) groups is 1. The lowest BCUT2D eigenvalue weighted by Gasteiger charge is -2.24. The van der Waals surface area contributed by atoms with Gasteiger partial charge in [0.25, 0.3) is 0 Å². The fraction of sp³-hybridized carbons (Fsp3) is 0.500. The predicted molar refractivity (Wildman–Crippen MR) is 106 cm³/mol. The number of hydrogen-bond acceptors (Lipinski definition) is 2. The monoisotopic (exact) mass is 410 g/mol. The van der Waals surface area contributed by atoms with Gasteiger partial charge in [-0.2, -0.15) is 13.2 Å². The highest BCUT2D eigenvalue weighted by Crippen LogP contribution is 2.29. The van der Waals surface area contributed by atoms with Gasteiger partial charge in [0, 0.05) is 45.1 Å². The van der Waals surface area contributed by atoms with Crippen LogP contribution in [0.2, 0.25) is 0 Å². The van der Waals surface area contributed by atoms with E-state index in [0.717, 1.165) is 31.0 Å². The Kier molecular flexibility index (Phi) is 8.76. The van der Waals surface area contributed by atoms with E-state index in [1.165, 1.54) is 12.1 Å². The molecule has 2 aromatic rings. The Morgan fingerprint density at radius 2 is 1.97 bits per heavy atom. The molecule has 0 saturated carbocycles. The zero-order chi connectivity index (χ0) is 21.3. The summed E-state index contributed by atoms with van der Waals surface area (Å²) >= 11 is 0. The van der Waals surface area contributed by atoms with Crippen LogP contribution in [-0.4, -0.2) is 35.6 Å². The number of unbranched alkanes of at least 4 members (excludes halogenated alkanes) is 1. The number of aromatic nitrogens is 1. The van der Waals surface area contributed by atoms with Crippen LogP contribution in [0.5, 0.6) is 0 Å². The van der Waals surface area contributed by atoms with Crippen molar-refractivity contribution in [3.8, 4) is 0 Å². The lowest BCUT2D eigenvalue weighted by atomic mass is 10.1. The maximum absolute atomic E-state index is 13.0. The van der Waals surface area contributed by atoms with Gasteiger partial charge in [0.1, 0.15) is 0 Å². The summed E-state index contributed by atoms with van der Waals surface area (Å²) in [6.45, 7) is 3.95. The molecule has 1 amide bonds. The number of halogens is 3. The van der Waals surface area contributed by atoms with Gasteiger partial charge in [-0.1, -0.05) is 25.5 Å². The van der Waals surface area contributed by atoms with Crippen molar-refractivity contribution in [1.29, 1.82) is 0 Å². The quantitative estimate of drug-likeness (QED) is 0.483. The normalized spacial score (nSPS) is 11.6. The summed E-state index contributed by atoms with van der Waals surface area (Å²) in [5, 5.41) is 0. The molecule has 0 atom stereocenters. The number of nitrogens with zero attached hydrogens (tertiary/aromatic N) is 2. The molecule has 0 aliphatic carbocycles. The number of amides is 1. The highest BCUT2D eigenvalue weighted by atomic mass is 19.4. The third kappa shape index (κ3) is 7.24. The molecule has 0 aliphatic rings. The van der Waals surface area contributed by atoms with E-state index in [0.29, 0.717) is 38.2 Å². The second kappa shape index (κ2) is 11.0. The molecule has 0 fully saturated rings. The zero-order valence-corrected chi connectivity index (χ0v) is 17.0. The first kappa shape index (κ1) is 23.0. The van der Waals surface area contributed by atoms with Gasteiger partial charge in [-0.15, -0.1) is 0 Å². The van der Waals surface area contributed by atoms with Crippen molar-refractivity contribution in [2.45, 2.75) is 51.9 Å². The fourth-order valence-corrected chi connectivity index (χ4v) is 3.16. The Labute approximate surface area is 170 Å². The van der Waals surface area contributed by atoms with E-state index in [-0.39, 0.29) is 5.91 Å². The molecule has 4 nitrogen and oxygen atoms in total. The van der Waals surface area contributed by atoms with Crippen molar-refractivity contribution in [2.24, 2.45) is 0 Å². The minimum absolute atomic E-state index is 0.0924. The molecule has 1 heterocycles. The van der Waals surface area contributed by atoms with Crippen molar-refractivity contribution in [1.82, 2.24) is 9.47 Å². The molecule has 160 valence electrons. The molecule has 0 N–H and O–H groups in total. The van der Waals surface area contributed by atoms with E-state index in [9.17, 15) is 18.0 Å². The van der Waals surface area contributed by atoms with Crippen LogP contribution in [0.1, 0.15) is 49.4 Å². The van der Waals surface area contributed by atoms with Crippen molar-refractivity contribution in [2.75, 3.05) is 20.3 Å². The van der Waals surface area contributed by atoms with Gasteiger partial charge in [0.2, 0.25) is 5.91 Å². The minimum atomic E-state index is -4.36. The van der Waals surface area contributed by atoms with Crippen molar-refractivity contribution < 1.29 is 22.7 Å². The lowest BCUT2D eigenvalue weighted by Crippen LogP contribution is -2.32. The fourth-order valence-electron chi connectivity index (χ4n) is 3.16. The van der Waals surface area contributed by atoms with Crippen LogP contribution in [0.15, 0.2) is 42.6 Å². The second-order valence-electron chi connectivity index (χ2n) is 7.09. The Bertz CT molecular complexity index is 771. The van der Waals surface area contributed by atoms with Crippen LogP contribution in [0, 0.1) is 0 Å². The van der Waals surface area contributed by atoms with Crippen LogP contribution in [0.4, 0.5) is 13.2 Å². The van der Waals surface area contributed by atoms with Gasteiger partial charge in [0.15, 0.2) is 0 Å². The average molecular weight is 410 g/mol. The van der Waals surface area contributed by atoms with E-state index >= 15 is 0 Å². The molecular weight excluding hydrogens is 381 g/mol. The van der Waals surface area contributed by atoms with Crippen LogP contribution in [0.25, 0.3) is 0 Å². The smallest absolute Gasteiger partial charge is 0.385 e. The molecule has 0 radical (unpaired) electrons. The van der Waals surface area contributed by atoms with Gasteiger partial charge in [-0.05, 0) is 42.7 Å². The van der Waals surface area contributed by atoms with Crippen molar-refractivity contribution in [3.63, 3.8) is 0 Å². The van der Waals surface area contributed by atoms with E-state index in [4.69, 9.17) is 4.74 Å². The van der Waals surface area contributed by atoms with Crippen LogP contribution < -0.4 is 0 Å². The first-order valence-corrected chi connectivity index (χ1v) is 9.92. The molecule has 2 rings (SSSR count). The van der Waals surface area contributed by atoms with Crippen molar-refractivity contribution in [3.05, 3.63) is 59.4 Å². The third-order valence-electron chi connectivity index (χ3n) is 4.76. The highest BCUT2D eigenvalue weighted by Gasteiger charge is 2.30. The number of ether oxygens (including phenoxy) is 1. The molecular formula is C22H29F3N2O2. The summed E-state index contributed by atoms with van der Waals surface area (Å²) in [5.74, 6) is 0.0924. The summed E-state index contributed by atoms with van der Waals surface area (Å²) in [6.07, 6.45) is 0.494. The molecule has 7 heteroatoms. The molecule has 29 heavy (non-hydrogen) atoms. The number of hydrogen-bond donors (Lipinski definition) is 0. The Morgan fingerprint density at radius 1 is 1.17 bits per heavy atom. The summed E-state index contributed by atoms with van der Waals surface area (Å²) in [7, 11) is 1.63. The number of carbonyl (C=O) groups excluding carboxylic acids is 1. The second-order valence-corrected chi connectivity index (χ2v) is 7.09. The number of rotatable bonds is 11. The lowest BCUT2D eigenvalue weighted by molar-refractivity contribution is -0.137. The zero-order valence-electron chi connectivity index (χ0n) is 17.0. The van der Waals surface area contributed by atoms with Gasteiger partial charge in [0.05, 0.1) is 12.1 Å². The molecule has 0 bridgehead atoms. The number of methoxy groups -OCH3 is 1. The van der Waals surface area contributed by atoms with Crippen LogP contribution >= 0.6 is 0 Å². The molecule has 0 aliphatic heterocycles. The van der Waals surface area contributed by atoms with Crippen LogP contribution in [0.3, 0.4) is 0 Å². The summed E-state index contributed by atoms with van der Waals surface area (Å²) in [4.78, 5) is 14.4. The predicted octanol–water partition coefficient (Wildman–Crippen LogP) is 5.11. The first-order chi connectivity index (χ1) is 13.8. The first-order valence-electron chi connectivity index (χ1n) is 9.92. The van der Waals surface area contributed by atoms with Crippen LogP contribution in [-0.2, 0) is 28.8 Å². The average Bonchev–Trinajstić information content (AvgIpc) is 3.11. The molecule has 0 saturated heterocycles. The maximum Gasteiger partial charge on any atom is 0.416 e. The summed E-state index contributed by atoms with van der Waals surface area (Å²) < 4.78 is 45.9.